The summed E-state index contributed by atoms with van der Waals surface area (Å²) in [5.41, 5.74) is 13.9. The minimum Gasteiger partial charge on any atom is -0.335 e. The number of fused-ring (bicyclic) bond motifs is 6. The lowest BCUT2D eigenvalue weighted by Crippen LogP contribution is -2.40. The molecule has 0 spiro atoms. The molecule has 2 nitrogen and oxygen atoms in total. The molecule has 0 N–H and O–H groups in total. The lowest BCUT2D eigenvalue weighted by molar-refractivity contribution is 0.414. The van der Waals surface area contributed by atoms with Crippen LogP contribution in [0.1, 0.15) is 76.3 Å². The number of anilines is 4. The van der Waals surface area contributed by atoms with E-state index < -0.39 is 0 Å². The van der Waals surface area contributed by atoms with Crippen LogP contribution in [0.5, 0.6) is 0 Å². The second-order valence-electron chi connectivity index (χ2n) is 18.2. The molecule has 8 aromatic rings. The van der Waals surface area contributed by atoms with Gasteiger partial charge in [0.2, 0.25) is 0 Å². The summed E-state index contributed by atoms with van der Waals surface area (Å²) in [6.07, 6.45) is 4.97. The normalized spacial score (nSPS) is 26.4. The average Bonchev–Trinajstić information content (AvgIpc) is 3.88. The van der Waals surface area contributed by atoms with Crippen LogP contribution in [0.4, 0.5) is 22.7 Å². The number of benzene rings is 8. The number of nitrogens with zero attached hydrogens (tertiary/aromatic N) is 2. The van der Waals surface area contributed by atoms with Gasteiger partial charge in [-0.15, -0.1) is 0 Å². The zero-order chi connectivity index (χ0) is 37.5. The van der Waals surface area contributed by atoms with Gasteiger partial charge in [-0.3, -0.25) is 0 Å². The number of hydrogen-bond donors (Lipinski definition) is 0. The second-order valence-corrected chi connectivity index (χ2v) is 18.2. The molecule has 0 saturated heterocycles. The lowest BCUT2D eigenvalue weighted by atomic mass is 9.81. The van der Waals surface area contributed by atoms with Crippen molar-refractivity contribution in [2.75, 3.05) is 9.80 Å². The summed E-state index contributed by atoms with van der Waals surface area (Å²) < 4.78 is 0. The van der Waals surface area contributed by atoms with Crippen molar-refractivity contribution < 1.29 is 0 Å². The highest BCUT2D eigenvalue weighted by atomic mass is 15.3. The van der Waals surface area contributed by atoms with Crippen molar-refractivity contribution in [3.63, 3.8) is 0 Å². The molecule has 6 unspecified atom stereocenters. The molecule has 2 saturated carbocycles. The molecule has 2 heteroatoms. The summed E-state index contributed by atoms with van der Waals surface area (Å²) in [5.74, 6) is 2.32. The molecule has 2 heterocycles. The SMILES string of the molecule is CC1CCC2(C)C1c1cc(-c3ccc4ccc5c(-c6ccc7c(c6)C6C(C)CCC6(C)N7c6ccccc6)ccc6ccc3c4c65)ccc1N2c1ccccc1. The third-order valence-electron chi connectivity index (χ3n) is 15.2. The van der Waals surface area contributed by atoms with Crippen molar-refractivity contribution in [3.8, 4) is 22.3 Å². The largest absolute Gasteiger partial charge is 0.335 e. The minimum atomic E-state index is 0.0899. The van der Waals surface area contributed by atoms with Crippen LogP contribution in [0.2, 0.25) is 0 Å². The topological polar surface area (TPSA) is 6.48 Å². The van der Waals surface area contributed by atoms with E-state index in [0.29, 0.717) is 23.7 Å². The highest BCUT2D eigenvalue weighted by Crippen LogP contribution is 2.63. The van der Waals surface area contributed by atoms with Gasteiger partial charge in [0.1, 0.15) is 0 Å². The number of para-hydroxylation sites is 2. The van der Waals surface area contributed by atoms with Crippen LogP contribution in [0.15, 0.2) is 146 Å². The predicted octanol–water partition coefficient (Wildman–Crippen LogP) is 14.8. The third-order valence-corrected chi connectivity index (χ3v) is 15.2. The summed E-state index contributed by atoms with van der Waals surface area (Å²) >= 11 is 0. The maximum atomic E-state index is 2.66. The Balaban J connectivity index is 1.01. The molecule has 6 atom stereocenters. The highest BCUT2D eigenvalue weighted by Gasteiger charge is 2.55. The van der Waals surface area contributed by atoms with Crippen molar-refractivity contribution in [3.05, 3.63) is 157 Å². The Kier molecular flexibility index (Phi) is 6.69. The van der Waals surface area contributed by atoms with Gasteiger partial charge < -0.3 is 9.80 Å². The summed E-state index contributed by atoms with van der Waals surface area (Å²) in [6, 6.07) is 55.9. The molecule has 0 radical (unpaired) electrons. The summed E-state index contributed by atoms with van der Waals surface area (Å²) in [6.45, 7) is 9.97. The van der Waals surface area contributed by atoms with Gasteiger partial charge in [0.25, 0.3) is 0 Å². The Bertz CT molecular complexity index is 2660. The zero-order valence-corrected chi connectivity index (χ0v) is 32.9. The van der Waals surface area contributed by atoms with Crippen LogP contribution >= 0.6 is 0 Å². The van der Waals surface area contributed by atoms with E-state index in [0.717, 1.165) is 0 Å². The first-order chi connectivity index (χ1) is 27.3. The average molecular weight is 725 g/mol. The van der Waals surface area contributed by atoms with Gasteiger partial charge in [-0.1, -0.05) is 111 Å². The summed E-state index contributed by atoms with van der Waals surface area (Å²) in [4.78, 5) is 5.33. The first-order valence-electron chi connectivity index (χ1n) is 21.0. The molecule has 2 fully saturated rings. The molecule has 0 bridgehead atoms. The Morgan fingerprint density at radius 1 is 0.464 bits per heavy atom. The second kappa shape index (κ2) is 11.5. The van der Waals surface area contributed by atoms with Crippen LogP contribution < -0.4 is 9.80 Å². The Morgan fingerprint density at radius 2 is 0.875 bits per heavy atom. The molecular formula is C54H48N2. The fourth-order valence-electron chi connectivity index (χ4n) is 12.9. The standard InChI is InChI=1S/C54H48N2/c1-33-27-29-53(3)51(33)45-31-37(19-25-47(45)55(53)39-11-7-5-8-12-39)41-21-15-35-18-24-44-42(22-16-36-17-23-43(41)49(35)50(36)44)38-20-26-48-46(32-38)52-34(2)28-30-54(52,4)56(48)40-13-9-6-10-14-40/h5-26,31-34,51-52H,27-30H2,1-4H3. The van der Waals surface area contributed by atoms with E-state index in [-0.39, 0.29) is 11.1 Å². The van der Waals surface area contributed by atoms with Crippen molar-refractivity contribution >= 4 is 55.1 Å². The molecule has 274 valence electrons. The van der Waals surface area contributed by atoms with Crippen LogP contribution in [0.3, 0.4) is 0 Å². The van der Waals surface area contributed by atoms with E-state index in [1.165, 1.54) is 114 Å². The van der Waals surface area contributed by atoms with Gasteiger partial charge in [-0.2, -0.15) is 0 Å². The molecule has 8 aromatic carbocycles. The molecule has 0 aromatic heterocycles. The van der Waals surface area contributed by atoms with Crippen molar-refractivity contribution in [2.24, 2.45) is 11.8 Å². The molecule has 0 amide bonds. The first kappa shape index (κ1) is 32.6. The zero-order valence-electron chi connectivity index (χ0n) is 32.9. The predicted molar refractivity (Wildman–Crippen MR) is 237 cm³/mol. The van der Waals surface area contributed by atoms with Gasteiger partial charge in [-0.05, 0) is 166 Å². The van der Waals surface area contributed by atoms with Gasteiger partial charge in [-0.25, -0.2) is 0 Å². The maximum absolute atomic E-state index is 2.66. The van der Waals surface area contributed by atoms with E-state index in [1.807, 2.05) is 0 Å². The van der Waals surface area contributed by atoms with E-state index >= 15 is 0 Å². The molecule has 4 aliphatic rings. The van der Waals surface area contributed by atoms with E-state index in [2.05, 4.69) is 183 Å². The molecule has 12 rings (SSSR count). The number of hydrogen-bond acceptors (Lipinski definition) is 2. The van der Waals surface area contributed by atoms with E-state index in [9.17, 15) is 0 Å². The maximum Gasteiger partial charge on any atom is 0.0495 e. The van der Waals surface area contributed by atoms with Crippen LogP contribution in [-0.4, -0.2) is 11.1 Å². The third kappa shape index (κ3) is 4.23. The smallest absolute Gasteiger partial charge is 0.0495 e. The van der Waals surface area contributed by atoms with Gasteiger partial charge >= 0.3 is 0 Å². The summed E-state index contributed by atoms with van der Waals surface area (Å²) in [7, 11) is 0. The van der Waals surface area contributed by atoms with Gasteiger partial charge in [0, 0.05) is 45.7 Å². The molecular weight excluding hydrogens is 677 g/mol. The van der Waals surface area contributed by atoms with Crippen molar-refractivity contribution in [1.29, 1.82) is 0 Å². The molecule has 2 aliphatic heterocycles. The monoisotopic (exact) mass is 724 g/mol. The van der Waals surface area contributed by atoms with Gasteiger partial charge in [0.05, 0.1) is 0 Å². The lowest BCUT2D eigenvalue weighted by Gasteiger charge is -2.38. The number of rotatable bonds is 4. The van der Waals surface area contributed by atoms with E-state index in [1.54, 1.807) is 0 Å². The highest BCUT2D eigenvalue weighted by molar-refractivity contribution is 6.27. The fraction of sp³-hybridized carbons (Fsp3) is 0.259. The Hall–Kier alpha value is -5.60. The Labute approximate surface area is 330 Å². The van der Waals surface area contributed by atoms with Crippen LogP contribution in [0.25, 0.3) is 54.6 Å². The molecule has 56 heavy (non-hydrogen) atoms. The minimum absolute atomic E-state index is 0.0899. The van der Waals surface area contributed by atoms with Crippen molar-refractivity contribution in [1.82, 2.24) is 0 Å². The van der Waals surface area contributed by atoms with Crippen LogP contribution in [0, 0.1) is 11.8 Å². The van der Waals surface area contributed by atoms with Crippen LogP contribution in [-0.2, 0) is 0 Å². The Morgan fingerprint density at radius 3 is 1.30 bits per heavy atom. The molecule has 2 aliphatic carbocycles. The first-order valence-corrected chi connectivity index (χ1v) is 21.0. The quantitative estimate of drug-likeness (QED) is 0.167. The van der Waals surface area contributed by atoms with Crippen molar-refractivity contribution in [2.45, 2.75) is 76.3 Å². The van der Waals surface area contributed by atoms with E-state index in [4.69, 9.17) is 0 Å². The van der Waals surface area contributed by atoms with Gasteiger partial charge in [0.15, 0.2) is 0 Å². The fourth-order valence-corrected chi connectivity index (χ4v) is 12.9. The summed E-state index contributed by atoms with van der Waals surface area (Å²) in [5, 5.41) is 8.10.